The van der Waals surface area contributed by atoms with Crippen molar-refractivity contribution in [1.82, 2.24) is 9.97 Å². The first-order valence-electron chi connectivity index (χ1n) is 5.51. The zero-order chi connectivity index (χ0) is 12.7. The summed E-state index contributed by atoms with van der Waals surface area (Å²) in [4.78, 5) is 8.43. The van der Waals surface area contributed by atoms with Gasteiger partial charge >= 0.3 is 0 Å². The minimum absolute atomic E-state index is 0.593. The SMILES string of the molecule is Cc1cc(-c2cncc(N)c2)cc2sc(N)nc12. The molecule has 0 saturated heterocycles. The fraction of sp³-hybridized carbons (Fsp3) is 0.0769. The maximum atomic E-state index is 5.76. The number of nitrogens with zero attached hydrogens (tertiary/aromatic N) is 2. The first kappa shape index (κ1) is 11.0. The van der Waals surface area contributed by atoms with Crippen LogP contribution in [0.2, 0.25) is 0 Å². The van der Waals surface area contributed by atoms with Gasteiger partial charge in [0, 0.05) is 18.0 Å². The zero-order valence-electron chi connectivity index (χ0n) is 9.84. The maximum absolute atomic E-state index is 5.76. The van der Waals surface area contributed by atoms with Gasteiger partial charge in [-0.15, -0.1) is 0 Å². The van der Waals surface area contributed by atoms with Crippen LogP contribution in [0.15, 0.2) is 30.6 Å². The lowest BCUT2D eigenvalue weighted by molar-refractivity contribution is 1.33. The number of anilines is 2. The average molecular weight is 256 g/mol. The Morgan fingerprint density at radius 3 is 2.67 bits per heavy atom. The zero-order valence-corrected chi connectivity index (χ0v) is 10.7. The number of fused-ring (bicyclic) bond motifs is 1. The third-order valence-electron chi connectivity index (χ3n) is 2.79. The van der Waals surface area contributed by atoms with Crippen molar-refractivity contribution in [3.05, 3.63) is 36.2 Å². The van der Waals surface area contributed by atoms with Crippen molar-refractivity contribution in [2.24, 2.45) is 0 Å². The number of nitrogen functional groups attached to an aromatic ring is 2. The summed E-state index contributed by atoms with van der Waals surface area (Å²) in [5.74, 6) is 0. The fourth-order valence-corrected chi connectivity index (χ4v) is 2.85. The quantitative estimate of drug-likeness (QED) is 0.701. The van der Waals surface area contributed by atoms with Gasteiger partial charge in [-0.3, -0.25) is 4.98 Å². The molecule has 0 bridgehead atoms. The van der Waals surface area contributed by atoms with Crippen molar-refractivity contribution in [1.29, 1.82) is 0 Å². The van der Waals surface area contributed by atoms with E-state index in [9.17, 15) is 0 Å². The predicted octanol–water partition coefficient (Wildman–Crippen LogP) is 2.83. The maximum Gasteiger partial charge on any atom is 0.181 e. The minimum atomic E-state index is 0.593. The van der Waals surface area contributed by atoms with Gasteiger partial charge in [0.05, 0.1) is 15.9 Å². The van der Waals surface area contributed by atoms with Gasteiger partial charge in [-0.2, -0.15) is 0 Å². The molecule has 0 spiro atoms. The summed E-state index contributed by atoms with van der Waals surface area (Å²) in [7, 11) is 0. The Labute approximate surface area is 108 Å². The van der Waals surface area contributed by atoms with Gasteiger partial charge in [0.25, 0.3) is 0 Å². The number of rotatable bonds is 1. The van der Waals surface area contributed by atoms with Gasteiger partial charge in [0.15, 0.2) is 5.13 Å². The number of thiazole rings is 1. The van der Waals surface area contributed by atoms with Crippen LogP contribution in [-0.2, 0) is 0 Å². The molecule has 3 rings (SSSR count). The Balaban J connectivity index is 2.24. The van der Waals surface area contributed by atoms with Crippen molar-refractivity contribution < 1.29 is 0 Å². The number of hydrogen-bond donors (Lipinski definition) is 2. The van der Waals surface area contributed by atoms with Gasteiger partial charge in [0.1, 0.15) is 0 Å². The molecule has 3 aromatic rings. The highest BCUT2D eigenvalue weighted by Gasteiger charge is 2.08. The highest BCUT2D eigenvalue weighted by Crippen LogP contribution is 2.31. The molecule has 0 aliphatic rings. The van der Waals surface area contributed by atoms with E-state index in [-0.39, 0.29) is 0 Å². The monoisotopic (exact) mass is 256 g/mol. The molecule has 2 aromatic heterocycles. The molecule has 18 heavy (non-hydrogen) atoms. The molecule has 0 fully saturated rings. The van der Waals surface area contributed by atoms with Crippen LogP contribution >= 0.6 is 11.3 Å². The second-order valence-electron chi connectivity index (χ2n) is 4.20. The highest BCUT2D eigenvalue weighted by molar-refractivity contribution is 7.22. The van der Waals surface area contributed by atoms with E-state index in [1.165, 1.54) is 11.3 Å². The van der Waals surface area contributed by atoms with Crippen molar-refractivity contribution in [2.45, 2.75) is 6.92 Å². The number of benzene rings is 1. The van der Waals surface area contributed by atoms with E-state index in [2.05, 4.69) is 22.1 Å². The molecule has 0 aliphatic heterocycles. The second-order valence-corrected chi connectivity index (χ2v) is 5.26. The standard InChI is InChI=1S/C13H12N4S/c1-7-2-8(9-3-10(14)6-16-5-9)4-11-12(7)17-13(15)18-11/h2-6H,14H2,1H3,(H2,15,17). The molecule has 4 nitrogen and oxygen atoms in total. The summed E-state index contributed by atoms with van der Waals surface area (Å²) in [6.07, 6.45) is 3.45. The molecule has 0 radical (unpaired) electrons. The molecule has 0 atom stereocenters. The molecule has 90 valence electrons. The Hall–Kier alpha value is -2.14. The normalized spacial score (nSPS) is 10.9. The van der Waals surface area contributed by atoms with Gasteiger partial charge in [0.2, 0.25) is 0 Å². The molecular formula is C13H12N4S. The molecule has 0 unspecified atom stereocenters. The van der Waals surface area contributed by atoms with Gasteiger partial charge in [-0.1, -0.05) is 11.3 Å². The molecule has 4 N–H and O–H groups in total. The van der Waals surface area contributed by atoms with E-state index < -0.39 is 0 Å². The van der Waals surface area contributed by atoms with Gasteiger partial charge in [-0.25, -0.2) is 4.98 Å². The lowest BCUT2D eigenvalue weighted by Gasteiger charge is -2.04. The summed E-state index contributed by atoms with van der Waals surface area (Å²) in [5, 5.41) is 0.593. The van der Waals surface area contributed by atoms with E-state index >= 15 is 0 Å². The second kappa shape index (κ2) is 3.96. The summed E-state index contributed by atoms with van der Waals surface area (Å²) in [6.45, 7) is 2.03. The Kier molecular flexibility index (Phi) is 2.41. The third kappa shape index (κ3) is 1.78. The Bertz CT molecular complexity index is 733. The number of hydrogen-bond acceptors (Lipinski definition) is 5. The largest absolute Gasteiger partial charge is 0.397 e. The van der Waals surface area contributed by atoms with Gasteiger partial charge < -0.3 is 11.5 Å². The number of aromatic nitrogens is 2. The van der Waals surface area contributed by atoms with Gasteiger partial charge in [-0.05, 0) is 36.2 Å². The van der Waals surface area contributed by atoms with Crippen molar-refractivity contribution in [3.8, 4) is 11.1 Å². The molecule has 2 heterocycles. The molecule has 1 aromatic carbocycles. The molecule has 5 heteroatoms. The smallest absolute Gasteiger partial charge is 0.181 e. The summed E-state index contributed by atoms with van der Waals surface area (Å²) >= 11 is 1.49. The van der Waals surface area contributed by atoms with Crippen molar-refractivity contribution >= 4 is 32.4 Å². The summed E-state index contributed by atoms with van der Waals surface area (Å²) in [6, 6.07) is 6.07. The average Bonchev–Trinajstić information content (AvgIpc) is 2.70. The van der Waals surface area contributed by atoms with Crippen LogP contribution in [0.5, 0.6) is 0 Å². The van der Waals surface area contributed by atoms with Crippen LogP contribution in [0.1, 0.15) is 5.56 Å². The first-order valence-corrected chi connectivity index (χ1v) is 6.33. The van der Waals surface area contributed by atoms with E-state index in [0.29, 0.717) is 10.8 Å². The van der Waals surface area contributed by atoms with Crippen molar-refractivity contribution in [2.75, 3.05) is 11.5 Å². The number of pyridine rings is 1. The molecule has 0 amide bonds. The van der Waals surface area contributed by atoms with Crippen LogP contribution in [0.3, 0.4) is 0 Å². The minimum Gasteiger partial charge on any atom is -0.397 e. The first-order chi connectivity index (χ1) is 8.63. The molecular weight excluding hydrogens is 244 g/mol. The van der Waals surface area contributed by atoms with Crippen LogP contribution in [0, 0.1) is 6.92 Å². The Morgan fingerprint density at radius 1 is 1.06 bits per heavy atom. The number of nitrogens with two attached hydrogens (primary N) is 2. The Morgan fingerprint density at radius 2 is 1.89 bits per heavy atom. The molecule has 0 saturated carbocycles. The lowest BCUT2D eigenvalue weighted by atomic mass is 10.0. The fourth-order valence-electron chi connectivity index (χ4n) is 2.00. The van der Waals surface area contributed by atoms with E-state index in [4.69, 9.17) is 11.5 Å². The predicted molar refractivity (Wildman–Crippen MR) is 76.4 cm³/mol. The van der Waals surface area contributed by atoms with Crippen LogP contribution < -0.4 is 11.5 Å². The van der Waals surface area contributed by atoms with Crippen LogP contribution in [-0.4, -0.2) is 9.97 Å². The van der Waals surface area contributed by atoms with Crippen molar-refractivity contribution in [3.63, 3.8) is 0 Å². The summed E-state index contributed by atoms with van der Waals surface area (Å²) < 4.78 is 1.09. The van der Waals surface area contributed by atoms with E-state index in [0.717, 1.165) is 26.9 Å². The van der Waals surface area contributed by atoms with E-state index in [1.807, 2.05) is 13.0 Å². The topological polar surface area (TPSA) is 77.8 Å². The third-order valence-corrected chi connectivity index (χ3v) is 3.63. The highest BCUT2D eigenvalue weighted by atomic mass is 32.1. The van der Waals surface area contributed by atoms with Crippen LogP contribution in [0.4, 0.5) is 10.8 Å². The molecule has 0 aliphatic carbocycles. The van der Waals surface area contributed by atoms with E-state index in [1.54, 1.807) is 12.4 Å². The van der Waals surface area contributed by atoms with Crippen LogP contribution in [0.25, 0.3) is 21.3 Å². The lowest BCUT2D eigenvalue weighted by Crippen LogP contribution is -1.88. The summed E-state index contributed by atoms with van der Waals surface area (Å²) in [5.41, 5.74) is 16.3. The number of aryl methyl sites for hydroxylation is 1.